The molecule has 7 nitrogen and oxygen atoms in total. The number of fused-ring (bicyclic) bond motifs is 1. The van der Waals surface area contributed by atoms with Crippen LogP contribution in [-0.4, -0.2) is 32.8 Å². The van der Waals surface area contributed by atoms with Crippen molar-refractivity contribution >= 4 is 17.1 Å². The fraction of sp³-hybridized carbons (Fsp3) is 0.0833. The lowest BCUT2D eigenvalue weighted by Crippen LogP contribution is -2.06. The minimum absolute atomic E-state index is 0.0134. The molecule has 0 spiro atoms. The summed E-state index contributed by atoms with van der Waals surface area (Å²) in [5, 5.41) is 7.93. The van der Waals surface area contributed by atoms with E-state index in [0.29, 0.717) is 28.1 Å². The minimum Gasteiger partial charge on any atom is -0.465 e. The first-order valence-electron chi connectivity index (χ1n) is 9.99. The van der Waals surface area contributed by atoms with Crippen LogP contribution >= 0.6 is 0 Å². The summed E-state index contributed by atoms with van der Waals surface area (Å²) in [5.74, 6) is -3.70. The maximum absolute atomic E-state index is 14.5. The Morgan fingerprint density at radius 3 is 2.53 bits per heavy atom. The van der Waals surface area contributed by atoms with Gasteiger partial charge in [-0.3, -0.25) is 0 Å². The van der Waals surface area contributed by atoms with Gasteiger partial charge in [0.15, 0.2) is 17.2 Å². The molecule has 0 saturated carbocycles. The number of hydrogen-bond donors (Lipinski definition) is 0. The predicted octanol–water partition coefficient (Wildman–Crippen LogP) is 5.16. The molecule has 0 aliphatic rings. The number of rotatable bonds is 4. The lowest BCUT2D eigenvalue weighted by molar-refractivity contribution is 0.0594. The first-order chi connectivity index (χ1) is 16.4. The summed E-state index contributed by atoms with van der Waals surface area (Å²) in [6.07, 6.45) is 1.51. The lowest BCUT2D eigenvalue weighted by Gasteiger charge is -2.10. The third-order valence-corrected chi connectivity index (χ3v) is 5.32. The molecule has 0 N–H and O–H groups in total. The second kappa shape index (κ2) is 8.14. The maximum Gasteiger partial charge on any atom is 0.341 e. The van der Waals surface area contributed by atoms with Gasteiger partial charge in [0, 0.05) is 18.2 Å². The topological polar surface area (TPSA) is 83.0 Å². The largest absolute Gasteiger partial charge is 0.465 e. The molecule has 0 aliphatic heterocycles. The number of aromatic nitrogens is 4. The summed E-state index contributed by atoms with van der Waals surface area (Å²) in [7, 11) is 2.81. The zero-order valence-corrected chi connectivity index (χ0v) is 17.8. The Labute approximate surface area is 190 Å². The Hall–Kier alpha value is -4.47. The van der Waals surface area contributed by atoms with E-state index in [1.54, 1.807) is 41.9 Å². The standard InChI is InChI=1S/C24H15F3N4O3/c1-31-11-28-30-22(31)16-9-14(25)6-7-15(16)12-4-3-5-13(8-12)23-29-18-10-17(24(32)33-2)19(26)20(27)21(18)34-23/h3-11H,1-2H3. The first-order valence-corrected chi connectivity index (χ1v) is 9.99. The molecule has 0 aliphatic carbocycles. The van der Waals surface area contributed by atoms with Crippen LogP contribution in [0.5, 0.6) is 0 Å². The van der Waals surface area contributed by atoms with Crippen molar-refractivity contribution in [2.75, 3.05) is 7.11 Å². The van der Waals surface area contributed by atoms with E-state index in [2.05, 4.69) is 19.9 Å². The summed E-state index contributed by atoms with van der Waals surface area (Å²) >= 11 is 0. The molecule has 0 atom stereocenters. The number of hydrogen-bond acceptors (Lipinski definition) is 6. The van der Waals surface area contributed by atoms with Crippen molar-refractivity contribution in [3.63, 3.8) is 0 Å². The van der Waals surface area contributed by atoms with Gasteiger partial charge in [0.25, 0.3) is 0 Å². The number of nitrogens with zero attached hydrogens (tertiary/aromatic N) is 4. The Bertz CT molecular complexity index is 1580. The second-order valence-corrected chi connectivity index (χ2v) is 7.45. The smallest absolute Gasteiger partial charge is 0.341 e. The van der Waals surface area contributed by atoms with E-state index < -0.39 is 34.6 Å². The van der Waals surface area contributed by atoms with Crippen molar-refractivity contribution in [1.29, 1.82) is 0 Å². The van der Waals surface area contributed by atoms with E-state index >= 15 is 0 Å². The molecule has 0 saturated heterocycles. The highest BCUT2D eigenvalue weighted by Crippen LogP contribution is 2.35. The number of ether oxygens (including phenoxy) is 1. The number of esters is 1. The van der Waals surface area contributed by atoms with Crippen LogP contribution in [0.15, 0.2) is 59.3 Å². The van der Waals surface area contributed by atoms with E-state index in [-0.39, 0.29) is 11.4 Å². The Kier molecular flexibility index (Phi) is 5.12. The first kappa shape index (κ1) is 21.4. The van der Waals surface area contributed by atoms with Gasteiger partial charge in [0.1, 0.15) is 23.2 Å². The van der Waals surface area contributed by atoms with Crippen LogP contribution in [0.25, 0.3) is 45.1 Å². The van der Waals surface area contributed by atoms with Crippen LogP contribution in [-0.2, 0) is 11.8 Å². The molecule has 0 bridgehead atoms. The number of carbonyl (C=O) groups is 1. The summed E-state index contributed by atoms with van der Waals surface area (Å²) in [6, 6.07) is 12.3. The molecule has 10 heteroatoms. The van der Waals surface area contributed by atoms with Crippen LogP contribution in [0.2, 0.25) is 0 Å². The number of halogens is 3. The highest BCUT2D eigenvalue weighted by molar-refractivity contribution is 5.94. The summed E-state index contributed by atoms with van der Waals surface area (Å²) in [4.78, 5) is 16.0. The third kappa shape index (κ3) is 3.49. The van der Waals surface area contributed by atoms with E-state index in [1.807, 2.05) is 0 Å². The van der Waals surface area contributed by atoms with Gasteiger partial charge in [-0.1, -0.05) is 18.2 Å². The monoisotopic (exact) mass is 464 g/mol. The van der Waals surface area contributed by atoms with Crippen molar-refractivity contribution in [3.05, 3.63) is 77.9 Å². The van der Waals surface area contributed by atoms with E-state index in [0.717, 1.165) is 13.2 Å². The highest BCUT2D eigenvalue weighted by Gasteiger charge is 2.24. The van der Waals surface area contributed by atoms with Gasteiger partial charge < -0.3 is 13.7 Å². The maximum atomic E-state index is 14.5. The lowest BCUT2D eigenvalue weighted by atomic mass is 9.97. The van der Waals surface area contributed by atoms with Crippen molar-refractivity contribution < 1.29 is 27.1 Å². The molecule has 3 aromatic carbocycles. The van der Waals surface area contributed by atoms with Crippen molar-refractivity contribution in [2.45, 2.75) is 0 Å². The van der Waals surface area contributed by atoms with Gasteiger partial charge >= 0.3 is 5.97 Å². The molecule has 0 fully saturated rings. The summed E-state index contributed by atoms with van der Waals surface area (Å²) in [5.41, 5.74) is 1.28. The van der Waals surface area contributed by atoms with E-state index in [1.165, 1.54) is 18.5 Å². The Morgan fingerprint density at radius 2 is 1.79 bits per heavy atom. The van der Waals surface area contributed by atoms with Crippen LogP contribution in [0.3, 0.4) is 0 Å². The molecule has 5 aromatic rings. The molecular weight excluding hydrogens is 449 g/mol. The average Bonchev–Trinajstić information content (AvgIpc) is 3.47. The number of methoxy groups -OCH3 is 1. The Morgan fingerprint density at radius 1 is 1.00 bits per heavy atom. The third-order valence-electron chi connectivity index (χ3n) is 5.32. The fourth-order valence-electron chi connectivity index (χ4n) is 3.69. The van der Waals surface area contributed by atoms with Gasteiger partial charge in [-0.15, -0.1) is 10.2 Å². The van der Waals surface area contributed by atoms with Crippen LogP contribution < -0.4 is 0 Å². The van der Waals surface area contributed by atoms with Crippen LogP contribution in [0.4, 0.5) is 13.2 Å². The highest BCUT2D eigenvalue weighted by atomic mass is 19.2. The van der Waals surface area contributed by atoms with E-state index in [4.69, 9.17) is 4.42 Å². The molecule has 2 aromatic heterocycles. The molecule has 34 heavy (non-hydrogen) atoms. The number of oxazole rings is 1. The number of aryl methyl sites for hydroxylation is 1. The van der Waals surface area contributed by atoms with Gasteiger partial charge in [-0.2, -0.15) is 4.39 Å². The SMILES string of the molecule is COC(=O)c1cc2nc(-c3cccc(-c4ccc(F)cc4-c4nncn4C)c3)oc2c(F)c1F. The Balaban J connectivity index is 1.64. The summed E-state index contributed by atoms with van der Waals surface area (Å²) in [6.45, 7) is 0. The van der Waals surface area contributed by atoms with Gasteiger partial charge in [0.2, 0.25) is 11.7 Å². The second-order valence-electron chi connectivity index (χ2n) is 7.45. The van der Waals surface area contributed by atoms with Crippen molar-refractivity contribution in [2.24, 2.45) is 7.05 Å². The average molecular weight is 464 g/mol. The molecule has 0 unspecified atom stereocenters. The normalized spacial score (nSPS) is 11.2. The molecule has 5 rings (SSSR count). The molecule has 170 valence electrons. The van der Waals surface area contributed by atoms with Crippen LogP contribution in [0, 0.1) is 17.5 Å². The van der Waals surface area contributed by atoms with Crippen molar-refractivity contribution in [3.8, 4) is 34.0 Å². The van der Waals surface area contributed by atoms with Gasteiger partial charge in [0.05, 0.1) is 7.11 Å². The molecular formula is C24H15F3N4O3. The van der Waals surface area contributed by atoms with Crippen LogP contribution in [0.1, 0.15) is 10.4 Å². The number of benzene rings is 3. The van der Waals surface area contributed by atoms with Gasteiger partial charge in [-0.05, 0) is 41.5 Å². The zero-order chi connectivity index (χ0) is 24.0. The van der Waals surface area contributed by atoms with Crippen molar-refractivity contribution in [1.82, 2.24) is 19.7 Å². The molecule has 0 amide bonds. The fourth-order valence-corrected chi connectivity index (χ4v) is 3.69. The summed E-state index contributed by atoms with van der Waals surface area (Å²) < 4.78 is 54.6. The van der Waals surface area contributed by atoms with E-state index in [9.17, 15) is 18.0 Å². The number of carbonyl (C=O) groups excluding carboxylic acids is 1. The van der Waals surface area contributed by atoms with Gasteiger partial charge in [-0.25, -0.2) is 18.6 Å². The minimum atomic E-state index is -1.38. The predicted molar refractivity (Wildman–Crippen MR) is 116 cm³/mol. The zero-order valence-electron chi connectivity index (χ0n) is 17.8. The quantitative estimate of drug-likeness (QED) is 0.342. The molecule has 0 radical (unpaired) electrons. The molecule has 2 heterocycles.